The molecule has 0 saturated carbocycles. The minimum Gasteiger partial charge on any atom is -0.306 e. The Hall–Kier alpha value is -1.13. The first-order valence-corrected chi connectivity index (χ1v) is 6.44. The Labute approximate surface area is 100 Å². The lowest BCUT2D eigenvalue weighted by atomic mass is 10.3. The van der Waals surface area contributed by atoms with Crippen molar-refractivity contribution in [1.29, 1.82) is 0 Å². The van der Waals surface area contributed by atoms with Crippen LogP contribution in [0.25, 0.3) is 0 Å². The summed E-state index contributed by atoms with van der Waals surface area (Å²) in [6.45, 7) is 6.91. The van der Waals surface area contributed by atoms with E-state index < -0.39 is 0 Å². The second-order valence-corrected chi connectivity index (χ2v) is 4.81. The lowest BCUT2D eigenvalue weighted by molar-refractivity contribution is 0.581. The molecule has 0 saturated heterocycles. The molecule has 1 N–H and O–H groups in total. The Morgan fingerprint density at radius 3 is 3.00 bits per heavy atom. The Kier molecular flexibility index (Phi) is 3.74. The first-order chi connectivity index (χ1) is 7.79. The number of hydrogen-bond donors (Lipinski definition) is 1. The van der Waals surface area contributed by atoms with E-state index in [4.69, 9.17) is 0 Å². The SMILES string of the molecule is CCn1nc(C)cc1CNCc1cccs1. The van der Waals surface area contributed by atoms with E-state index in [0.29, 0.717) is 0 Å². The molecular formula is C12H17N3S. The van der Waals surface area contributed by atoms with Gasteiger partial charge in [0.25, 0.3) is 0 Å². The first-order valence-electron chi connectivity index (χ1n) is 5.56. The van der Waals surface area contributed by atoms with Gasteiger partial charge in [-0.1, -0.05) is 6.07 Å². The van der Waals surface area contributed by atoms with Gasteiger partial charge in [-0.2, -0.15) is 5.10 Å². The van der Waals surface area contributed by atoms with Crippen LogP contribution in [0.4, 0.5) is 0 Å². The van der Waals surface area contributed by atoms with Crippen molar-refractivity contribution < 1.29 is 0 Å². The molecule has 0 bridgehead atoms. The number of thiophene rings is 1. The van der Waals surface area contributed by atoms with E-state index in [-0.39, 0.29) is 0 Å². The second-order valence-electron chi connectivity index (χ2n) is 3.78. The van der Waals surface area contributed by atoms with E-state index in [1.165, 1.54) is 10.6 Å². The minimum atomic E-state index is 0.882. The lowest BCUT2D eigenvalue weighted by Gasteiger charge is -2.05. The van der Waals surface area contributed by atoms with Crippen LogP contribution in [0.5, 0.6) is 0 Å². The zero-order valence-corrected chi connectivity index (χ0v) is 10.5. The summed E-state index contributed by atoms with van der Waals surface area (Å²) in [5, 5.41) is 9.97. The number of aromatic nitrogens is 2. The smallest absolute Gasteiger partial charge is 0.0597 e. The van der Waals surface area contributed by atoms with Crippen molar-refractivity contribution in [2.75, 3.05) is 0 Å². The van der Waals surface area contributed by atoms with Gasteiger partial charge < -0.3 is 5.32 Å². The summed E-state index contributed by atoms with van der Waals surface area (Å²) in [6.07, 6.45) is 0. The maximum atomic E-state index is 4.42. The summed E-state index contributed by atoms with van der Waals surface area (Å²) < 4.78 is 2.05. The molecule has 0 aliphatic rings. The Balaban J connectivity index is 1.89. The number of nitrogens with zero attached hydrogens (tertiary/aromatic N) is 2. The Bertz CT molecular complexity index is 431. The number of hydrogen-bond acceptors (Lipinski definition) is 3. The average molecular weight is 235 g/mol. The summed E-state index contributed by atoms with van der Waals surface area (Å²) in [5.41, 5.74) is 2.35. The van der Waals surface area contributed by atoms with Crippen molar-refractivity contribution in [1.82, 2.24) is 15.1 Å². The van der Waals surface area contributed by atoms with Crippen LogP contribution >= 0.6 is 11.3 Å². The highest BCUT2D eigenvalue weighted by atomic mass is 32.1. The van der Waals surface area contributed by atoms with Gasteiger partial charge >= 0.3 is 0 Å². The molecule has 0 aliphatic carbocycles. The molecule has 2 heterocycles. The molecule has 0 aromatic carbocycles. The molecule has 0 atom stereocenters. The van der Waals surface area contributed by atoms with Gasteiger partial charge in [0.05, 0.1) is 11.4 Å². The van der Waals surface area contributed by atoms with Gasteiger partial charge in [0, 0.05) is 24.5 Å². The minimum absolute atomic E-state index is 0.882. The molecule has 0 fully saturated rings. The highest BCUT2D eigenvalue weighted by Crippen LogP contribution is 2.08. The van der Waals surface area contributed by atoms with Gasteiger partial charge in [0.15, 0.2) is 0 Å². The molecule has 2 aromatic heterocycles. The Morgan fingerprint density at radius 1 is 1.44 bits per heavy atom. The van der Waals surface area contributed by atoms with E-state index in [1.807, 2.05) is 6.92 Å². The van der Waals surface area contributed by atoms with Crippen molar-refractivity contribution in [3.05, 3.63) is 39.8 Å². The van der Waals surface area contributed by atoms with E-state index in [0.717, 1.165) is 25.3 Å². The van der Waals surface area contributed by atoms with Crippen LogP contribution in [0.1, 0.15) is 23.2 Å². The van der Waals surface area contributed by atoms with E-state index >= 15 is 0 Å². The van der Waals surface area contributed by atoms with Crippen LogP contribution in [-0.2, 0) is 19.6 Å². The molecule has 86 valence electrons. The van der Waals surface area contributed by atoms with Crippen LogP contribution in [0, 0.1) is 6.92 Å². The van der Waals surface area contributed by atoms with Crippen LogP contribution in [0.3, 0.4) is 0 Å². The quantitative estimate of drug-likeness (QED) is 0.863. The van der Waals surface area contributed by atoms with E-state index in [9.17, 15) is 0 Å². The number of aryl methyl sites for hydroxylation is 2. The molecule has 0 spiro atoms. The molecular weight excluding hydrogens is 218 g/mol. The molecule has 2 aromatic rings. The molecule has 4 heteroatoms. The fraction of sp³-hybridized carbons (Fsp3) is 0.417. The third-order valence-electron chi connectivity index (χ3n) is 2.47. The summed E-state index contributed by atoms with van der Waals surface area (Å²) in [5.74, 6) is 0. The van der Waals surface area contributed by atoms with Gasteiger partial charge in [-0.05, 0) is 31.4 Å². The van der Waals surface area contributed by atoms with Crippen molar-refractivity contribution in [3.63, 3.8) is 0 Å². The van der Waals surface area contributed by atoms with E-state index in [2.05, 4.69) is 45.6 Å². The van der Waals surface area contributed by atoms with Crippen LogP contribution in [0.15, 0.2) is 23.6 Å². The van der Waals surface area contributed by atoms with Gasteiger partial charge in [0.2, 0.25) is 0 Å². The van der Waals surface area contributed by atoms with Crippen LogP contribution in [-0.4, -0.2) is 9.78 Å². The fourth-order valence-corrected chi connectivity index (χ4v) is 2.42. The van der Waals surface area contributed by atoms with Crippen molar-refractivity contribution >= 4 is 11.3 Å². The topological polar surface area (TPSA) is 29.9 Å². The van der Waals surface area contributed by atoms with Gasteiger partial charge in [-0.15, -0.1) is 11.3 Å². The zero-order valence-electron chi connectivity index (χ0n) is 9.73. The maximum absolute atomic E-state index is 4.42. The largest absolute Gasteiger partial charge is 0.306 e. The zero-order chi connectivity index (χ0) is 11.4. The normalized spacial score (nSPS) is 10.9. The van der Waals surface area contributed by atoms with Crippen LogP contribution in [0.2, 0.25) is 0 Å². The molecule has 16 heavy (non-hydrogen) atoms. The predicted octanol–water partition coefficient (Wildman–Crippen LogP) is 2.56. The summed E-state index contributed by atoms with van der Waals surface area (Å²) >= 11 is 1.79. The molecule has 0 amide bonds. The highest BCUT2D eigenvalue weighted by Gasteiger charge is 2.03. The molecule has 0 aliphatic heterocycles. The van der Waals surface area contributed by atoms with Crippen LogP contribution < -0.4 is 5.32 Å². The average Bonchev–Trinajstić information content (AvgIpc) is 2.88. The maximum Gasteiger partial charge on any atom is 0.0597 e. The summed E-state index contributed by atoms with van der Waals surface area (Å²) in [6, 6.07) is 6.38. The number of rotatable bonds is 5. The predicted molar refractivity (Wildman–Crippen MR) is 67.5 cm³/mol. The Morgan fingerprint density at radius 2 is 2.31 bits per heavy atom. The molecule has 2 rings (SSSR count). The standard InChI is InChI=1S/C12H17N3S/c1-3-15-11(7-10(2)14-15)8-13-9-12-5-4-6-16-12/h4-7,13H,3,8-9H2,1-2H3. The third-order valence-corrected chi connectivity index (χ3v) is 3.35. The molecule has 0 radical (unpaired) electrons. The number of nitrogens with one attached hydrogen (secondary N) is 1. The van der Waals surface area contributed by atoms with Crippen molar-refractivity contribution in [3.8, 4) is 0 Å². The van der Waals surface area contributed by atoms with Crippen molar-refractivity contribution in [2.24, 2.45) is 0 Å². The highest BCUT2D eigenvalue weighted by molar-refractivity contribution is 7.09. The summed E-state index contributed by atoms with van der Waals surface area (Å²) in [7, 11) is 0. The van der Waals surface area contributed by atoms with Crippen molar-refractivity contribution in [2.45, 2.75) is 33.5 Å². The van der Waals surface area contributed by atoms with Gasteiger partial charge in [0.1, 0.15) is 0 Å². The second kappa shape index (κ2) is 5.27. The molecule has 3 nitrogen and oxygen atoms in total. The monoisotopic (exact) mass is 235 g/mol. The first kappa shape index (κ1) is 11.4. The van der Waals surface area contributed by atoms with Gasteiger partial charge in [-0.25, -0.2) is 0 Å². The fourth-order valence-electron chi connectivity index (χ4n) is 1.74. The third kappa shape index (κ3) is 2.71. The molecule has 0 unspecified atom stereocenters. The van der Waals surface area contributed by atoms with Gasteiger partial charge in [-0.3, -0.25) is 4.68 Å². The lowest BCUT2D eigenvalue weighted by Crippen LogP contribution is -2.15. The summed E-state index contributed by atoms with van der Waals surface area (Å²) in [4.78, 5) is 1.37. The van der Waals surface area contributed by atoms with E-state index in [1.54, 1.807) is 11.3 Å².